The normalized spacial score (nSPS) is 33.3. The van der Waals surface area contributed by atoms with Crippen LogP contribution in [0.15, 0.2) is 0 Å². The Morgan fingerprint density at radius 2 is 1.87 bits per heavy atom. The van der Waals surface area contributed by atoms with Gasteiger partial charge in [-0.3, -0.25) is 4.79 Å². The molecule has 4 heteroatoms. The van der Waals surface area contributed by atoms with Crippen molar-refractivity contribution < 1.29 is 4.79 Å². The van der Waals surface area contributed by atoms with Crippen molar-refractivity contribution in [3.05, 3.63) is 0 Å². The van der Waals surface area contributed by atoms with Crippen LogP contribution in [0.2, 0.25) is 0 Å². The van der Waals surface area contributed by atoms with Crippen molar-refractivity contribution in [1.29, 1.82) is 0 Å². The van der Waals surface area contributed by atoms with Gasteiger partial charge in [0.2, 0.25) is 5.91 Å². The van der Waals surface area contributed by atoms with Crippen LogP contribution in [0.4, 0.5) is 0 Å². The van der Waals surface area contributed by atoms with E-state index in [0.717, 1.165) is 39.0 Å². The van der Waals surface area contributed by atoms with Crippen LogP contribution >= 0.6 is 0 Å². The van der Waals surface area contributed by atoms with Crippen LogP contribution in [0, 0.1) is 5.92 Å². The van der Waals surface area contributed by atoms with E-state index in [2.05, 4.69) is 4.90 Å². The molecule has 0 aliphatic carbocycles. The van der Waals surface area contributed by atoms with Crippen molar-refractivity contribution in [2.24, 2.45) is 11.7 Å². The molecule has 0 aromatic rings. The van der Waals surface area contributed by atoms with Gasteiger partial charge in [-0.2, -0.15) is 0 Å². The number of carbonyl (C=O) groups is 1. The van der Waals surface area contributed by atoms with Crippen molar-refractivity contribution in [1.82, 2.24) is 9.80 Å². The van der Waals surface area contributed by atoms with E-state index < -0.39 is 0 Å². The first-order chi connectivity index (χ1) is 7.18. The number of nitrogens with zero attached hydrogens (tertiary/aromatic N) is 2. The van der Waals surface area contributed by atoms with Crippen LogP contribution in [0.3, 0.4) is 0 Å². The molecule has 0 spiro atoms. The quantitative estimate of drug-likeness (QED) is 0.658. The van der Waals surface area contributed by atoms with Crippen LogP contribution in [0.5, 0.6) is 0 Å². The Morgan fingerprint density at radius 1 is 1.20 bits per heavy atom. The number of nitrogens with two attached hydrogens (primary N) is 1. The molecule has 2 unspecified atom stereocenters. The van der Waals surface area contributed by atoms with Gasteiger partial charge in [-0.15, -0.1) is 0 Å². The molecule has 2 fully saturated rings. The Labute approximate surface area is 91.4 Å². The average Bonchev–Trinajstić information content (AvgIpc) is 2.58. The summed E-state index contributed by atoms with van der Waals surface area (Å²) in [6.45, 7) is 3.55. The highest BCUT2D eigenvalue weighted by molar-refractivity contribution is 5.80. The highest BCUT2D eigenvalue weighted by atomic mass is 16.2. The molecular formula is C11H21N3O. The lowest BCUT2D eigenvalue weighted by atomic mass is 10.0. The molecule has 86 valence electrons. The minimum atomic E-state index is 0.0319. The smallest absolute Gasteiger partial charge is 0.228 e. The van der Waals surface area contributed by atoms with Gasteiger partial charge in [0.15, 0.2) is 0 Å². The molecule has 2 heterocycles. The van der Waals surface area contributed by atoms with E-state index in [1.807, 2.05) is 11.9 Å². The summed E-state index contributed by atoms with van der Waals surface area (Å²) in [5.41, 5.74) is 5.99. The highest BCUT2D eigenvalue weighted by Crippen LogP contribution is 2.19. The zero-order chi connectivity index (χ0) is 10.8. The van der Waals surface area contributed by atoms with Crippen LogP contribution in [0.1, 0.15) is 19.3 Å². The van der Waals surface area contributed by atoms with Gasteiger partial charge in [0.25, 0.3) is 0 Å². The molecule has 2 saturated heterocycles. The Hall–Kier alpha value is -0.610. The summed E-state index contributed by atoms with van der Waals surface area (Å²) in [5.74, 6) is 0.319. The molecule has 0 saturated carbocycles. The molecule has 0 aromatic heterocycles. The maximum absolute atomic E-state index is 12.2. The molecule has 0 radical (unpaired) electrons. The van der Waals surface area contributed by atoms with Gasteiger partial charge in [0, 0.05) is 32.2 Å². The predicted octanol–water partition coefficient (Wildman–Crippen LogP) is -0.112. The van der Waals surface area contributed by atoms with Crippen LogP contribution in [0.25, 0.3) is 0 Å². The molecule has 4 nitrogen and oxygen atoms in total. The van der Waals surface area contributed by atoms with Gasteiger partial charge in [0.1, 0.15) is 0 Å². The van der Waals surface area contributed by atoms with E-state index in [1.54, 1.807) is 0 Å². The third-order valence-electron chi connectivity index (χ3n) is 3.53. The van der Waals surface area contributed by atoms with Gasteiger partial charge >= 0.3 is 0 Å². The van der Waals surface area contributed by atoms with Gasteiger partial charge < -0.3 is 15.5 Å². The summed E-state index contributed by atoms with van der Waals surface area (Å²) >= 11 is 0. The second-order valence-electron chi connectivity index (χ2n) is 4.88. The number of hydrogen-bond acceptors (Lipinski definition) is 3. The summed E-state index contributed by atoms with van der Waals surface area (Å²) < 4.78 is 0. The van der Waals surface area contributed by atoms with E-state index in [1.165, 1.54) is 6.42 Å². The van der Waals surface area contributed by atoms with Crippen molar-refractivity contribution in [2.75, 3.05) is 33.2 Å². The van der Waals surface area contributed by atoms with Crippen LogP contribution < -0.4 is 5.73 Å². The number of rotatable bonds is 1. The zero-order valence-electron chi connectivity index (χ0n) is 9.48. The molecule has 2 aliphatic heterocycles. The van der Waals surface area contributed by atoms with Crippen LogP contribution in [-0.2, 0) is 4.79 Å². The molecule has 0 aromatic carbocycles. The predicted molar refractivity (Wildman–Crippen MR) is 59.4 cm³/mol. The molecule has 0 bridgehead atoms. The van der Waals surface area contributed by atoms with Crippen molar-refractivity contribution >= 4 is 5.91 Å². The molecule has 1 amide bonds. The first-order valence-corrected chi connectivity index (χ1v) is 5.91. The molecule has 2 rings (SSSR count). The largest absolute Gasteiger partial charge is 0.342 e. The Kier molecular flexibility index (Phi) is 3.26. The molecule has 15 heavy (non-hydrogen) atoms. The highest BCUT2D eigenvalue weighted by Gasteiger charge is 2.36. The first kappa shape index (κ1) is 10.9. The molecular weight excluding hydrogens is 190 g/mol. The standard InChI is InChI=1S/C11H21N3O/c1-13-7-9(10(12)8-13)11(15)14-5-3-2-4-6-14/h9-10H,2-8,12H2,1H3. The first-order valence-electron chi connectivity index (χ1n) is 5.91. The Morgan fingerprint density at radius 3 is 2.40 bits per heavy atom. The molecule has 2 N–H and O–H groups in total. The molecule has 2 aliphatic rings. The SMILES string of the molecule is CN1CC(N)C(C(=O)N2CCCCC2)C1. The van der Waals surface area contributed by atoms with E-state index in [0.29, 0.717) is 0 Å². The van der Waals surface area contributed by atoms with E-state index in [9.17, 15) is 4.79 Å². The Balaban J connectivity index is 1.94. The maximum atomic E-state index is 12.2. The fourth-order valence-corrected chi connectivity index (χ4v) is 2.64. The van der Waals surface area contributed by atoms with Gasteiger partial charge in [0.05, 0.1) is 5.92 Å². The number of piperidine rings is 1. The van der Waals surface area contributed by atoms with Crippen molar-refractivity contribution in [2.45, 2.75) is 25.3 Å². The lowest BCUT2D eigenvalue weighted by Gasteiger charge is -2.30. The second kappa shape index (κ2) is 4.49. The number of likely N-dealkylation sites (tertiary alicyclic amines) is 2. The maximum Gasteiger partial charge on any atom is 0.228 e. The van der Waals surface area contributed by atoms with Crippen LogP contribution in [-0.4, -0.2) is 55.0 Å². The Bertz CT molecular complexity index is 238. The third-order valence-corrected chi connectivity index (χ3v) is 3.53. The minimum Gasteiger partial charge on any atom is -0.342 e. The van der Waals surface area contributed by atoms with E-state index in [-0.39, 0.29) is 17.9 Å². The van der Waals surface area contributed by atoms with Gasteiger partial charge in [-0.1, -0.05) is 0 Å². The fraction of sp³-hybridized carbons (Fsp3) is 0.909. The summed E-state index contributed by atoms with van der Waals surface area (Å²) in [5, 5.41) is 0. The lowest BCUT2D eigenvalue weighted by Crippen LogP contribution is -2.45. The topological polar surface area (TPSA) is 49.6 Å². The van der Waals surface area contributed by atoms with Gasteiger partial charge in [-0.25, -0.2) is 0 Å². The number of likely N-dealkylation sites (N-methyl/N-ethyl adjacent to an activating group) is 1. The second-order valence-corrected chi connectivity index (χ2v) is 4.88. The number of amides is 1. The minimum absolute atomic E-state index is 0.0319. The van der Waals surface area contributed by atoms with Gasteiger partial charge in [-0.05, 0) is 26.3 Å². The monoisotopic (exact) mass is 211 g/mol. The van der Waals surface area contributed by atoms with Crippen molar-refractivity contribution in [3.8, 4) is 0 Å². The number of carbonyl (C=O) groups excluding carboxylic acids is 1. The summed E-state index contributed by atoms with van der Waals surface area (Å²) in [6.07, 6.45) is 3.58. The molecule has 2 atom stereocenters. The summed E-state index contributed by atoms with van der Waals surface area (Å²) in [6, 6.07) is 0.0319. The summed E-state index contributed by atoms with van der Waals surface area (Å²) in [4.78, 5) is 16.3. The van der Waals surface area contributed by atoms with Crippen molar-refractivity contribution in [3.63, 3.8) is 0 Å². The van der Waals surface area contributed by atoms with E-state index in [4.69, 9.17) is 5.73 Å². The zero-order valence-corrected chi connectivity index (χ0v) is 9.48. The summed E-state index contributed by atoms with van der Waals surface area (Å²) in [7, 11) is 2.03. The third kappa shape index (κ3) is 2.32. The average molecular weight is 211 g/mol. The lowest BCUT2D eigenvalue weighted by molar-refractivity contribution is -0.136. The fourth-order valence-electron chi connectivity index (χ4n) is 2.64. The number of hydrogen-bond donors (Lipinski definition) is 1. The van der Waals surface area contributed by atoms with E-state index >= 15 is 0 Å².